The van der Waals surface area contributed by atoms with Crippen molar-refractivity contribution < 1.29 is 22.7 Å². The number of allylic oxidation sites excluding steroid dienone is 2. The third kappa shape index (κ3) is 1.93. The van der Waals surface area contributed by atoms with E-state index in [2.05, 4.69) is 0 Å². The number of Topliss-reactive ketones (excluding diaryl/α,β-unsaturated/α-hetero) is 1. The molecule has 0 aromatic heterocycles. The van der Waals surface area contributed by atoms with E-state index >= 15 is 0 Å². The van der Waals surface area contributed by atoms with Crippen molar-refractivity contribution in [3.05, 3.63) is 41.0 Å². The van der Waals surface area contributed by atoms with Gasteiger partial charge < -0.3 is 4.74 Å². The molecule has 0 amide bonds. The zero-order valence-electron chi connectivity index (χ0n) is 13.5. The van der Waals surface area contributed by atoms with Gasteiger partial charge >= 0.3 is 6.18 Å². The highest BCUT2D eigenvalue weighted by molar-refractivity contribution is 5.93. The Morgan fingerprint density at radius 1 is 1.21 bits per heavy atom. The first-order chi connectivity index (χ1) is 11.4. The van der Waals surface area contributed by atoms with Crippen molar-refractivity contribution in [1.29, 1.82) is 0 Å². The molecular weight excluding hydrogens is 317 g/mol. The number of hydrogen-bond donors (Lipinski definition) is 0. The average molecular weight is 336 g/mol. The van der Waals surface area contributed by atoms with Crippen LogP contribution in [-0.2, 0) is 11.2 Å². The smallest absolute Gasteiger partial charge is 0.404 e. The summed E-state index contributed by atoms with van der Waals surface area (Å²) in [6.45, 7) is 0. The van der Waals surface area contributed by atoms with Crippen LogP contribution in [0.1, 0.15) is 42.7 Å². The van der Waals surface area contributed by atoms with Crippen LogP contribution in [0.3, 0.4) is 0 Å². The summed E-state index contributed by atoms with van der Waals surface area (Å²) in [5, 5.41) is 0. The normalized spacial score (nSPS) is 31.8. The topological polar surface area (TPSA) is 26.3 Å². The van der Waals surface area contributed by atoms with Crippen LogP contribution in [0.4, 0.5) is 13.2 Å². The van der Waals surface area contributed by atoms with E-state index in [0.29, 0.717) is 18.4 Å². The zero-order valence-corrected chi connectivity index (χ0v) is 13.5. The van der Waals surface area contributed by atoms with Gasteiger partial charge in [-0.15, -0.1) is 0 Å². The van der Waals surface area contributed by atoms with E-state index in [4.69, 9.17) is 4.74 Å². The Morgan fingerprint density at radius 2 is 2.00 bits per heavy atom. The fourth-order valence-corrected chi connectivity index (χ4v) is 5.04. The number of aryl methyl sites for hydroxylation is 1. The van der Waals surface area contributed by atoms with Crippen LogP contribution in [0.5, 0.6) is 5.75 Å². The Kier molecular flexibility index (Phi) is 3.35. The van der Waals surface area contributed by atoms with Crippen LogP contribution in [0, 0.1) is 11.3 Å². The van der Waals surface area contributed by atoms with Gasteiger partial charge in [-0.2, -0.15) is 13.2 Å². The highest BCUT2D eigenvalue weighted by Gasteiger charge is 2.66. The molecule has 0 bridgehead atoms. The van der Waals surface area contributed by atoms with E-state index < -0.39 is 17.4 Å². The first-order valence-corrected chi connectivity index (χ1v) is 8.36. The second-order valence-corrected chi connectivity index (χ2v) is 7.04. The number of methoxy groups -OCH3 is 1. The Morgan fingerprint density at radius 3 is 2.71 bits per heavy atom. The largest absolute Gasteiger partial charge is 0.497 e. The minimum atomic E-state index is -4.49. The summed E-state index contributed by atoms with van der Waals surface area (Å²) in [6.07, 6.45) is -1.30. The molecule has 3 atom stereocenters. The maximum absolute atomic E-state index is 13.8. The first kappa shape index (κ1) is 15.7. The van der Waals surface area contributed by atoms with Crippen molar-refractivity contribution in [2.24, 2.45) is 11.3 Å². The number of carbonyl (C=O) groups excluding carboxylic acids is 1. The third-order valence-corrected chi connectivity index (χ3v) is 6.15. The number of rotatable bonds is 1. The van der Waals surface area contributed by atoms with Gasteiger partial charge in [-0.05, 0) is 66.4 Å². The fourth-order valence-electron chi connectivity index (χ4n) is 5.04. The lowest BCUT2D eigenvalue weighted by molar-refractivity contribution is -0.214. The molecule has 0 saturated heterocycles. The van der Waals surface area contributed by atoms with Gasteiger partial charge in [0.25, 0.3) is 0 Å². The Bertz CT molecular complexity index is 735. The average Bonchev–Trinajstić information content (AvgIpc) is 2.92. The number of benzene rings is 1. The molecule has 24 heavy (non-hydrogen) atoms. The van der Waals surface area contributed by atoms with E-state index in [1.807, 2.05) is 18.2 Å². The summed E-state index contributed by atoms with van der Waals surface area (Å²) in [6, 6.07) is 5.86. The summed E-state index contributed by atoms with van der Waals surface area (Å²) >= 11 is 0. The molecule has 3 aliphatic carbocycles. The zero-order chi connectivity index (χ0) is 17.1. The monoisotopic (exact) mass is 336 g/mol. The van der Waals surface area contributed by atoms with E-state index in [-0.39, 0.29) is 24.7 Å². The standard InChI is InChI=1S/C19H19F3O2/c1-24-12-3-5-13-11(10-12)2-4-15-14(13)8-9-18(19(20,21)22)16(15)6-7-17(18)23/h3,5-6,10,14-15H,2,4,7-9H2,1H3/t14-,15-,18-/m1/s1. The van der Waals surface area contributed by atoms with Gasteiger partial charge in [0.2, 0.25) is 0 Å². The van der Waals surface area contributed by atoms with Gasteiger partial charge in [-0.3, -0.25) is 4.79 Å². The molecule has 0 heterocycles. The summed E-state index contributed by atoms with van der Waals surface area (Å²) in [4.78, 5) is 12.2. The summed E-state index contributed by atoms with van der Waals surface area (Å²) < 4.78 is 46.7. The second kappa shape index (κ2) is 5.11. The predicted molar refractivity (Wildman–Crippen MR) is 83.0 cm³/mol. The van der Waals surface area contributed by atoms with Crippen LogP contribution in [-0.4, -0.2) is 19.1 Å². The van der Waals surface area contributed by atoms with Crippen molar-refractivity contribution in [3.63, 3.8) is 0 Å². The maximum Gasteiger partial charge on any atom is 0.404 e. The minimum absolute atomic E-state index is 0.0759. The van der Waals surface area contributed by atoms with Crippen LogP contribution in [0.25, 0.3) is 0 Å². The lowest BCUT2D eigenvalue weighted by atomic mass is 9.57. The predicted octanol–water partition coefficient (Wildman–Crippen LogP) is 4.58. The molecule has 1 aromatic carbocycles. The highest BCUT2D eigenvalue weighted by Crippen LogP contribution is 2.62. The molecule has 1 aromatic rings. The van der Waals surface area contributed by atoms with Crippen LogP contribution < -0.4 is 4.74 Å². The quantitative estimate of drug-likeness (QED) is 0.702. The molecule has 1 saturated carbocycles. The van der Waals surface area contributed by atoms with Gasteiger partial charge in [0.15, 0.2) is 5.78 Å². The molecule has 0 spiro atoms. The van der Waals surface area contributed by atoms with Crippen LogP contribution in [0.2, 0.25) is 0 Å². The Balaban J connectivity index is 1.76. The molecule has 2 nitrogen and oxygen atoms in total. The van der Waals surface area contributed by atoms with Gasteiger partial charge in [0.05, 0.1) is 7.11 Å². The molecule has 128 valence electrons. The summed E-state index contributed by atoms with van der Waals surface area (Å²) in [7, 11) is 1.61. The number of hydrogen-bond acceptors (Lipinski definition) is 2. The lowest BCUT2D eigenvalue weighted by Crippen LogP contribution is -2.49. The molecule has 3 aliphatic rings. The van der Waals surface area contributed by atoms with Gasteiger partial charge in [-0.1, -0.05) is 12.1 Å². The fraction of sp³-hybridized carbons (Fsp3) is 0.526. The van der Waals surface area contributed by atoms with E-state index in [1.54, 1.807) is 13.2 Å². The SMILES string of the molecule is COc1ccc2c(c1)CC[C@H]1C3=CCC(=O)[C@@]3(C(F)(F)F)CC[C@H]21. The molecule has 0 N–H and O–H groups in total. The molecule has 0 unspecified atom stereocenters. The van der Waals surface area contributed by atoms with Crippen molar-refractivity contribution in [2.75, 3.05) is 7.11 Å². The number of carbonyl (C=O) groups is 1. The number of ketones is 1. The number of ether oxygens (including phenoxy) is 1. The second-order valence-electron chi connectivity index (χ2n) is 7.04. The van der Waals surface area contributed by atoms with E-state index in [0.717, 1.165) is 17.7 Å². The van der Waals surface area contributed by atoms with E-state index in [9.17, 15) is 18.0 Å². The Labute approximate surface area is 138 Å². The molecule has 5 heteroatoms. The molecule has 1 fully saturated rings. The molecule has 0 aliphatic heterocycles. The maximum atomic E-state index is 13.8. The number of fused-ring (bicyclic) bond motifs is 5. The molecule has 0 radical (unpaired) electrons. The Hall–Kier alpha value is -1.78. The van der Waals surface area contributed by atoms with Crippen molar-refractivity contribution in [1.82, 2.24) is 0 Å². The third-order valence-electron chi connectivity index (χ3n) is 6.15. The lowest BCUT2D eigenvalue weighted by Gasteiger charge is -2.47. The van der Waals surface area contributed by atoms with Gasteiger partial charge in [-0.25, -0.2) is 0 Å². The summed E-state index contributed by atoms with van der Waals surface area (Å²) in [5.74, 6) is 0.0203. The van der Waals surface area contributed by atoms with E-state index in [1.165, 1.54) is 5.56 Å². The van der Waals surface area contributed by atoms with Gasteiger partial charge in [0, 0.05) is 6.42 Å². The van der Waals surface area contributed by atoms with Crippen molar-refractivity contribution in [2.45, 2.75) is 44.2 Å². The molecular formula is C19H19F3O2. The van der Waals surface area contributed by atoms with Gasteiger partial charge in [0.1, 0.15) is 11.2 Å². The molecule has 4 rings (SSSR count). The van der Waals surface area contributed by atoms with Crippen molar-refractivity contribution >= 4 is 5.78 Å². The van der Waals surface area contributed by atoms with Crippen LogP contribution in [0.15, 0.2) is 29.8 Å². The van der Waals surface area contributed by atoms with Crippen molar-refractivity contribution in [3.8, 4) is 5.75 Å². The van der Waals surface area contributed by atoms with Crippen LogP contribution >= 0.6 is 0 Å². The highest BCUT2D eigenvalue weighted by atomic mass is 19.4. The summed E-state index contributed by atoms with van der Waals surface area (Å²) in [5.41, 5.74) is 0.429. The number of alkyl halides is 3. The minimum Gasteiger partial charge on any atom is -0.497 e. The number of halogens is 3. The first-order valence-electron chi connectivity index (χ1n) is 8.36.